The van der Waals surface area contributed by atoms with E-state index < -0.39 is 6.17 Å². The second-order valence-electron chi connectivity index (χ2n) is 4.94. The first kappa shape index (κ1) is 13.3. The van der Waals surface area contributed by atoms with Gasteiger partial charge in [0.2, 0.25) is 0 Å². The van der Waals surface area contributed by atoms with Gasteiger partial charge >= 0.3 is 0 Å². The lowest BCUT2D eigenvalue weighted by Crippen LogP contribution is -2.18. The molecule has 0 radical (unpaired) electrons. The number of halogens is 1. The standard InChI is InChI=1S/C15H16FN3/c1-9(2)13-6-11(16)7-14(15(13)18)10-3-4-19-12(5-10)8-17/h3-5,7,9,11H,6,18H2,1-2H3. The van der Waals surface area contributed by atoms with E-state index in [-0.39, 0.29) is 5.92 Å². The van der Waals surface area contributed by atoms with Crippen LogP contribution in [-0.4, -0.2) is 11.2 Å². The fourth-order valence-electron chi connectivity index (χ4n) is 2.28. The van der Waals surface area contributed by atoms with Crippen LogP contribution in [0.25, 0.3) is 5.57 Å². The van der Waals surface area contributed by atoms with Crippen molar-refractivity contribution in [1.29, 1.82) is 5.26 Å². The molecule has 0 aliphatic heterocycles. The predicted molar refractivity (Wildman–Crippen MR) is 72.5 cm³/mol. The highest BCUT2D eigenvalue weighted by Crippen LogP contribution is 2.34. The molecule has 1 heterocycles. The van der Waals surface area contributed by atoms with Crippen molar-refractivity contribution < 1.29 is 4.39 Å². The Kier molecular flexibility index (Phi) is 3.66. The Morgan fingerprint density at radius 3 is 2.89 bits per heavy atom. The zero-order valence-electron chi connectivity index (χ0n) is 11.0. The van der Waals surface area contributed by atoms with Gasteiger partial charge in [-0.2, -0.15) is 5.26 Å². The molecule has 3 nitrogen and oxygen atoms in total. The van der Waals surface area contributed by atoms with E-state index >= 15 is 0 Å². The van der Waals surface area contributed by atoms with Gasteiger partial charge in [0, 0.05) is 23.9 Å². The van der Waals surface area contributed by atoms with E-state index in [0.29, 0.717) is 23.4 Å². The van der Waals surface area contributed by atoms with Gasteiger partial charge in [0.15, 0.2) is 0 Å². The summed E-state index contributed by atoms with van der Waals surface area (Å²) in [5.74, 6) is 0.208. The van der Waals surface area contributed by atoms with Crippen LogP contribution in [0.3, 0.4) is 0 Å². The van der Waals surface area contributed by atoms with Gasteiger partial charge in [0.1, 0.15) is 17.9 Å². The van der Waals surface area contributed by atoms with Crippen molar-refractivity contribution in [3.63, 3.8) is 0 Å². The lowest BCUT2D eigenvalue weighted by atomic mass is 9.85. The Balaban J connectivity index is 2.51. The minimum atomic E-state index is -1.03. The maximum atomic E-state index is 13.8. The van der Waals surface area contributed by atoms with E-state index in [1.807, 2.05) is 19.9 Å². The number of pyridine rings is 1. The largest absolute Gasteiger partial charge is 0.398 e. The zero-order chi connectivity index (χ0) is 14.0. The van der Waals surface area contributed by atoms with Crippen molar-refractivity contribution in [2.24, 2.45) is 11.7 Å². The first-order valence-corrected chi connectivity index (χ1v) is 6.24. The molecule has 1 unspecified atom stereocenters. The molecule has 98 valence electrons. The van der Waals surface area contributed by atoms with E-state index in [1.165, 1.54) is 6.08 Å². The van der Waals surface area contributed by atoms with Crippen molar-refractivity contribution in [3.05, 3.63) is 46.9 Å². The quantitative estimate of drug-likeness (QED) is 0.886. The highest BCUT2D eigenvalue weighted by Gasteiger charge is 2.23. The summed E-state index contributed by atoms with van der Waals surface area (Å²) in [5, 5.41) is 8.87. The van der Waals surface area contributed by atoms with Gasteiger partial charge in [-0.05, 0) is 35.3 Å². The third-order valence-electron chi connectivity index (χ3n) is 3.28. The van der Waals surface area contributed by atoms with Crippen molar-refractivity contribution in [2.75, 3.05) is 0 Å². The van der Waals surface area contributed by atoms with Crippen LogP contribution < -0.4 is 5.73 Å². The van der Waals surface area contributed by atoms with Crippen LogP contribution in [0.4, 0.5) is 4.39 Å². The molecule has 0 saturated carbocycles. The third-order valence-corrected chi connectivity index (χ3v) is 3.28. The summed E-state index contributed by atoms with van der Waals surface area (Å²) >= 11 is 0. The van der Waals surface area contributed by atoms with Gasteiger partial charge in [-0.25, -0.2) is 9.37 Å². The molecule has 1 aliphatic carbocycles. The Labute approximate surface area is 112 Å². The molecular formula is C15H16FN3. The Morgan fingerprint density at radius 2 is 2.26 bits per heavy atom. The minimum absolute atomic E-state index is 0.208. The van der Waals surface area contributed by atoms with Gasteiger partial charge in [0.05, 0.1) is 0 Å². The second kappa shape index (κ2) is 5.23. The van der Waals surface area contributed by atoms with E-state index in [9.17, 15) is 4.39 Å². The van der Waals surface area contributed by atoms with Crippen LogP contribution in [0.15, 0.2) is 35.7 Å². The Hall–Kier alpha value is -2.15. The Bertz CT molecular complexity index is 594. The lowest BCUT2D eigenvalue weighted by Gasteiger charge is -2.24. The smallest absolute Gasteiger partial charge is 0.141 e. The normalized spacial score (nSPS) is 19.3. The molecule has 0 bridgehead atoms. The average Bonchev–Trinajstić information content (AvgIpc) is 2.40. The number of hydrogen-bond donors (Lipinski definition) is 1. The minimum Gasteiger partial charge on any atom is -0.398 e. The number of allylic oxidation sites excluding steroid dienone is 3. The lowest BCUT2D eigenvalue weighted by molar-refractivity contribution is 0.385. The van der Waals surface area contributed by atoms with Gasteiger partial charge in [0.25, 0.3) is 0 Å². The fourth-order valence-corrected chi connectivity index (χ4v) is 2.28. The van der Waals surface area contributed by atoms with E-state index in [0.717, 1.165) is 11.1 Å². The topological polar surface area (TPSA) is 62.7 Å². The number of hydrogen-bond acceptors (Lipinski definition) is 3. The van der Waals surface area contributed by atoms with Crippen LogP contribution in [-0.2, 0) is 0 Å². The first-order chi connectivity index (χ1) is 9.02. The van der Waals surface area contributed by atoms with Crippen molar-refractivity contribution in [3.8, 4) is 6.07 Å². The molecule has 1 aliphatic rings. The number of nitrogens with two attached hydrogens (primary N) is 1. The van der Waals surface area contributed by atoms with Gasteiger partial charge < -0.3 is 5.73 Å². The van der Waals surface area contributed by atoms with Crippen molar-refractivity contribution >= 4 is 5.57 Å². The SMILES string of the molecule is CC(C)C1=C(N)C(c2ccnc(C#N)c2)=CC(F)C1. The molecular weight excluding hydrogens is 241 g/mol. The monoisotopic (exact) mass is 257 g/mol. The van der Waals surface area contributed by atoms with Crippen molar-refractivity contribution in [1.82, 2.24) is 4.98 Å². The summed E-state index contributed by atoms with van der Waals surface area (Å²) in [6, 6.07) is 5.36. The van der Waals surface area contributed by atoms with Crippen LogP contribution in [0.5, 0.6) is 0 Å². The highest BCUT2D eigenvalue weighted by molar-refractivity contribution is 5.80. The van der Waals surface area contributed by atoms with Crippen LogP contribution >= 0.6 is 0 Å². The van der Waals surface area contributed by atoms with Crippen LogP contribution in [0, 0.1) is 17.2 Å². The predicted octanol–water partition coefficient (Wildman–Crippen LogP) is 2.95. The summed E-state index contributed by atoms with van der Waals surface area (Å²) in [6.07, 6.45) is 2.39. The molecule has 2 rings (SSSR count). The maximum absolute atomic E-state index is 13.8. The molecule has 0 fully saturated rings. The van der Waals surface area contributed by atoms with Gasteiger partial charge in [-0.1, -0.05) is 13.8 Å². The number of rotatable bonds is 2. The molecule has 1 aromatic rings. The van der Waals surface area contributed by atoms with Crippen molar-refractivity contribution in [2.45, 2.75) is 26.4 Å². The highest BCUT2D eigenvalue weighted by atomic mass is 19.1. The summed E-state index contributed by atoms with van der Waals surface area (Å²) in [4.78, 5) is 3.91. The molecule has 0 saturated heterocycles. The number of alkyl halides is 1. The summed E-state index contributed by atoms with van der Waals surface area (Å²) < 4.78 is 13.8. The summed E-state index contributed by atoms with van der Waals surface area (Å²) in [7, 11) is 0. The van der Waals surface area contributed by atoms with E-state index in [2.05, 4.69) is 4.98 Å². The fraction of sp³-hybridized carbons (Fsp3) is 0.333. The molecule has 0 amide bonds. The molecule has 4 heteroatoms. The van der Waals surface area contributed by atoms with Gasteiger partial charge in [-0.3, -0.25) is 0 Å². The second-order valence-corrected chi connectivity index (χ2v) is 4.94. The third kappa shape index (κ3) is 2.65. The molecule has 19 heavy (non-hydrogen) atoms. The van der Waals surface area contributed by atoms with Crippen LogP contribution in [0.1, 0.15) is 31.5 Å². The number of nitriles is 1. The molecule has 1 atom stereocenters. The first-order valence-electron chi connectivity index (χ1n) is 6.24. The average molecular weight is 257 g/mol. The summed E-state index contributed by atoms with van der Waals surface area (Å²) in [5.41, 5.74) is 9.42. The van der Waals surface area contributed by atoms with E-state index in [4.69, 9.17) is 11.0 Å². The van der Waals surface area contributed by atoms with Gasteiger partial charge in [-0.15, -0.1) is 0 Å². The summed E-state index contributed by atoms with van der Waals surface area (Å²) in [6.45, 7) is 4.01. The molecule has 1 aromatic heterocycles. The molecule has 0 aromatic carbocycles. The maximum Gasteiger partial charge on any atom is 0.141 e. The Morgan fingerprint density at radius 1 is 1.53 bits per heavy atom. The number of nitrogens with zero attached hydrogens (tertiary/aromatic N) is 2. The molecule has 2 N–H and O–H groups in total. The zero-order valence-corrected chi connectivity index (χ0v) is 11.0. The number of aromatic nitrogens is 1. The van der Waals surface area contributed by atoms with E-state index in [1.54, 1.807) is 18.3 Å². The van der Waals surface area contributed by atoms with Crippen LogP contribution in [0.2, 0.25) is 0 Å². The molecule has 0 spiro atoms.